The topological polar surface area (TPSA) is 101 Å². The summed E-state index contributed by atoms with van der Waals surface area (Å²) in [6, 6.07) is 15.4. The van der Waals surface area contributed by atoms with E-state index in [1.165, 1.54) is 11.3 Å². The number of nitrogens with one attached hydrogen (secondary N) is 1. The van der Waals surface area contributed by atoms with Crippen molar-refractivity contribution in [1.29, 1.82) is 0 Å². The van der Waals surface area contributed by atoms with E-state index in [0.717, 1.165) is 21.6 Å². The summed E-state index contributed by atoms with van der Waals surface area (Å²) in [6.07, 6.45) is 7.73. The number of allylic oxidation sites excluding steroid dienone is 3. The Morgan fingerprint density at radius 1 is 1.23 bits per heavy atom. The number of carbonyl (C=O) groups excluding carboxylic acids is 1. The van der Waals surface area contributed by atoms with Gasteiger partial charge in [0.25, 0.3) is 5.91 Å². The average Bonchev–Trinajstić information content (AvgIpc) is 3.34. The van der Waals surface area contributed by atoms with Crippen LogP contribution in [0.4, 0.5) is 0 Å². The van der Waals surface area contributed by atoms with E-state index in [-0.39, 0.29) is 17.7 Å². The first kappa shape index (κ1) is 26.4. The zero-order chi connectivity index (χ0) is 25.4. The predicted molar refractivity (Wildman–Crippen MR) is 147 cm³/mol. The number of benzene rings is 2. The van der Waals surface area contributed by atoms with Crippen molar-refractivity contribution in [3.63, 3.8) is 0 Å². The van der Waals surface area contributed by atoms with Crippen molar-refractivity contribution in [2.45, 2.75) is 32.0 Å². The molecule has 0 fully saturated rings. The molecule has 0 spiro atoms. The third-order valence-electron chi connectivity index (χ3n) is 5.68. The number of rotatable bonds is 10. The molecule has 7 heteroatoms. The maximum absolute atomic E-state index is 13.3. The number of hydrogen-bond donors (Lipinski definition) is 4. The lowest BCUT2D eigenvalue weighted by molar-refractivity contribution is 0.0937. The number of carbonyl (C=O) groups is 1. The number of nitrogens with two attached hydrogens (primary N) is 2. The molecule has 0 radical (unpaired) electrons. The molecule has 0 aliphatic heterocycles. The molecule has 5 nitrogen and oxygen atoms in total. The van der Waals surface area contributed by atoms with E-state index in [9.17, 15) is 9.90 Å². The van der Waals surface area contributed by atoms with Crippen molar-refractivity contribution >= 4 is 28.8 Å². The highest BCUT2D eigenvalue weighted by molar-refractivity contribution is 7.17. The van der Waals surface area contributed by atoms with Crippen LogP contribution >= 0.6 is 22.9 Å². The summed E-state index contributed by atoms with van der Waals surface area (Å²) >= 11 is 7.48. The fourth-order valence-electron chi connectivity index (χ4n) is 3.85. The molecule has 6 N–H and O–H groups in total. The molecule has 0 aliphatic carbocycles. The maximum atomic E-state index is 13.3. The largest absolute Gasteiger partial charge is 0.508 e. The van der Waals surface area contributed by atoms with Crippen molar-refractivity contribution in [1.82, 2.24) is 5.32 Å². The second kappa shape index (κ2) is 12.5. The van der Waals surface area contributed by atoms with E-state index in [2.05, 4.69) is 11.9 Å². The molecule has 1 heterocycles. The molecule has 0 saturated carbocycles. The fraction of sp³-hybridized carbons (Fsp3) is 0.179. The summed E-state index contributed by atoms with van der Waals surface area (Å²) in [5.74, 6) is -0.136. The molecule has 0 aliphatic rings. The molecule has 182 valence electrons. The van der Waals surface area contributed by atoms with Crippen LogP contribution in [0, 0.1) is 0 Å². The van der Waals surface area contributed by atoms with Crippen LogP contribution in [0.3, 0.4) is 0 Å². The van der Waals surface area contributed by atoms with Gasteiger partial charge in [-0.05, 0) is 60.4 Å². The Bertz CT molecular complexity index is 1250. The Labute approximate surface area is 215 Å². The third kappa shape index (κ3) is 6.71. The van der Waals surface area contributed by atoms with Gasteiger partial charge in [-0.25, -0.2) is 0 Å². The Morgan fingerprint density at radius 3 is 2.69 bits per heavy atom. The summed E-state index contributed by atoms with van der Waals surface area (Å²) < 4.78 is 0. The van der Waals surface area contributed by atoms with Gasteiger partial charge >= 0.3 is 0 Å². The Balaban J connectivity index is 1.87. The summed E-state index contributed by atoms with van der Waals surface area (Å²) in [5.41, 5.74) is 15.8. The van der Waals surface area contributed by atoms with Crippen LogP contribution < -0.4 is 16.8 Å². The van der Waals surface area contributed by atoms with Gasteiger partial charge in [0.2, 0.25) is 0 Å². The lowest BCUT2D eigenvalue weighted by Crippen LogP contribution is -2.34. The van der Waals surface area contributed by atoms with Crippen LogP contribution in [0.1, 0.15) is 40.2 Å². The number of halogens is 1. The molecule has 3 aromatic rings. The maximum Gasteiger partial charge on any atom is 0.261 e. The van der Waals surface area contributed by atoms with E-state index < -0.39 is 6.04 Å². The normalized spacial score (nSPS) is 13.5. The van der Waals surface area contributed by atoms with Crippen LogP contribution in [-0.4, -0.2) is 17.1 Å². The number of amides is 1. The highest BCUT2D eigenvalue weighted by Crippen LogP contribution is 2.33. The molecule has 35 heavy (non-hydrogen) atoms. The van der Waals surface area contributed by atoms with Crippen molar-refractivity contribution in [3.05, 3.63) is 112 Å². The predicted octanol–water partition coefficient (Wildman–Crippen LogP) is 6.11. The number of thiophene rings is 1. The van der Waals surface area contributed by atoms with E-state index in [1.54, 1.807) is 30.3 Å². The SMILES string of the molecule is C=C/C=C\C(=C/C)C(N)CC(NC(=O)c1ccc(-c2ccc(Cl)cc2CN)s1)c1ccccc1O. The minimum absolute atomic E-state index is 0.106. The molecule has 1 aromatic heterocycles. The molecular formula is C28H30ClN3O2S. The quantitative estimate of drug-likeness (QED) is 0.249. The van der Waals surface area contributed by atoms with Gasteiger partial charge in [-0.15, -0.1) is 11.3 Å². The van der Waals surface area contributed by atoms with Crippen molar-refractivity contribution in [2.75, 3.05) is 0 Å². The molecule has 2 atom stereocenters. The van der Waals surface area contributed by atoms with E-state index in [1.807, 2.05) is 55.5 Å². The van der Waals surface area contributed by atoms with Crippen molar-refractivity contribution in [2.24, 2.45) is 11.5 Å². The van der Waals surface area contributed by atoms with Gasteiger partial charge in [0.1, 0.15) is 5.75 Å². The minimum atomic E-state index is -0.494. The zero-order valence-corrected chi connectivity index (χ0v) is 21.2. The van der Waals surface area contributed by atoms with Crippen LogP contribution in [0.2, 0.25) is 5.02 Å². The van der Waals surface area contributed by atoms with E-state index in [4.69, 9.17) is 23.1 Å². The van der Waals surface area contributed by atoms with Crippen LogP contribution in [0.15, 0.2) is 91.1 Å². The third-order valence-corrected chi connectivity index (χ3v) is 7.03. The van der Waals surface area contributed by atoms with Gasteiger partial charge in [0, 0.05) is 28.0 Å². The van der Waals surface area contributed by atoms with E-state index in [0.29, 0.717) is 28.4 Å². The summed E-state index contributed by atoms with van der Waals surface area (Å²) in [6.45, 7) is 5.96. The highest BCUT2D eigenvalue weighted by Gasteiger charge is 2.23. The lowest BCUT2D eigenvalue weighted by Gasteiger charge is -2.24. The molecule has 2 aromatic carbocycles. The molecule has 0 saturated heterocycles. The molecule has 1 amide bonds. The number of hydrogen-bond acceptors (Lipinski definition) is 5. The van der Waals surface area contributed by atoms with Crippen LogP contribution in [-0.2, 0) is 6.54 Å². The first-order chi connectivity index (χ1) is 16.9. The van der Waals surface area contributed by atoms with Gasteiger partial charge in [-0.2, -0.15) is 0 Å². The summed E-state index contributed by atoms with van der Waals surface area (Å²) in [4.78, 5) is 14.7. The summed E-state index contributed by atoms with van der Waals surface area (Å²) in [7, 11) is 0. The van der Waals surface area contributed by atoms with Gasteiger partial charge in [-0.1, -0.05) is 66.7 Å². The molecule has 2 unspecified atom stereocenters. The second-order valence-corrected chi connectivity index (χ2v) is 9.50. The lowest BCUT2D eigenvalue weighted by atomic mass is 9.94. The number of phenols is 1. The monoisotopic (exact) mass is 507 g/mol. The second-order valence-electron chi connectivity index (χ2n) is 7.98. The van der Waals surface area contributed by atoms with Gasteiger partial charge in [0.15, 0.2) is 0 Å². The Hall–Kier alpha value is -3.16. The van der Waals surface area contributed by atoms with Crippen molar-refractivity contribution < 1.29 is 9.90 Å². The Morgan fingerprint density at radius 2 is 2.00 bits per heavy atom. The standard InChI is InChI=1S/C28H30ClN3O2S/c1-3-5-8-18(4-2)23(31)16-24(22-9-6-7-10-25(22)33)32-28(34)27-14-13-26(35-27)21-12-11-20(29)15-19(21)17-30/h3-15,23-24,33H,1,16-17,30-31H2,2H3,(H,32,34)/b8-5-,18-4+. The van der Waals surface area contributed by atoms with Gasteiger partial charge < -0.3 is 21.9 Å². The zero-order valence-electron chi connectivity index (χ0n) is 19.6. The van der Waals surface area contributed by atoms with Gasteiger partial charge in [-0.3, -0.25) is 4.79 Å². The Kier molecular flexibility index (Phi) is 9.46. The molecule has 3 rings (SSSR count). The minimum Gasteiger partial charge on any atom is -0.508 e. The number of phenolic OH excluding ortho intramolecular Hbond substituents is 1. The number of aromatic hydroxyl groups is 1. The van der Waals surface area contributed by atoms with Crippen LogP contribution in [0.5, 0.6) is 5.75 Å². The van der Waals surface area contributed by atoms with Crippen LogP contribution in [0.25, 0.3) is 10.4 Å². The van der Waals surface area contributed by atoms with Crippen molar-refractivity contribution in [3.8, 4) is 16.2 Å². The van der Waals surface area contributed by atoms with E-state index >= 15 is 0 Å². The molecular weight excluding hydrogens is 478 g/mol. The first-order valence-electron chi connectivity index (χ1n) is 11.3. The average molecular weight is 508 g/mol. The fourth-order valence-corrected chi connectivity index (χ4v) is 5.02. The number of para-hydroxylation sites is 1. The smallest absolute Gasteiger partial charge is 0.261 e. The molecule has 0 bridgehead atoms. The first-order valence-corrected chi connectivity index (χ1v) is 12.5. The summed E-state index contributed by atoms with van der Waals surface area (Å²) in [5, 5.41) is 14.2. The highest BCUT2D eigenvalue weighted by atomic mass is 35.5. The van der Waals surface area contributed by atoms with Gasteiger partial charge in [0.05, 0.1) is 10.9 Å².